The molecular formula is C12H13ClN2O3. The topological polar surface area (TPSA) is 69.6 Å². The van der Waals surface area contributed by atoms with Crippen molar-refractivity contribution in [2.45, 2.75) is 25.4 Å². The molecule has 0 aromatic heterocycles. The molecule has 5 nitrogen and oxygen atoms in total. The molecule has 1 atom stereocenters. The number of nitrogens with zero attached hydrogens (tertiary/aromatic N) is 1. The molecule has 1 fully saturated rings. The Bertz CT molecular complexity index is 461. The second-order valence-corrected chi connectivity index (χ2v) is 4.62. The molecule has 1 aromatic rings. The van der Waals surface area contributed by atoms with Gasteiger partial charge in [-0.05, 0) is 24.1 Å². The minimum absolute atomic E-state index is 0.0847. The summed E-state index contributed by atoms with van der Waals surface area (Å²) < 4.78 is 0. The summed E-state index contributed by atoms with van der Waals surface area (Å²) in [5, 5.41) is 9.27. The summed E-state index contributed by atoms with van der Waals surface area (Å²) in [6, 6.07) is 6.49. The molecule has 96 valence electrons. The predicted octanol–water partition coefficient (Wildman–Crippen LogP) is 1.34. The molecule has 0 spiro atoms. The molecule has 2 rings (SSSR count). The first-order valence-corrected chi connectivity index (χ1v) is 5.97. The number of hydrogen-bond donors (Lipinski definition) is 2. The Balaban J connectivity index is 2.12. The summed E-state index contributed by atoms with van der Waals surface area (Å²) in [5.74, 6) is -0.631. The summed E-state index contributed by atoms with van der Waals surface area (Å²) in [7, 11) is 0. The molecule has 0 unspecified atom stereocenters. The van der Waals surface area contributed by atoms with Crippen molar-refractivity contribution in [1.82, 2.24) is 10.4 Å². The molecule has 2 N–H and O–H groups in total. The van der Waals surface area contributed by atoms with Crippen LogP contribution in [0.2, 0.25) is 5.02 Å². The first-order valence-electron chi connectivity index (χ1n) is 5.59. The van der Waals surface area contributed by atoms with Crippen LogP contribution in [0.15, 0.2) is 24.3 Å². The molecule has 1 aliphatic heterocycles. The van der Waals surface area contributed by atoms with E-state index < -0.39 is 11.9 Å². The van der Waals surface area contributed by atoms with Gasteiger partial charge < -0.3 is 4.90 Å². The number of amides is 2. The van der Waals surface area contributed by atoms with Gasteiger partial charge >= 0.3 is 0 Å². The lowest BCUT2D eigenvalue weighted by molar-refractivity contribution is -0.140. The van der Waals surface area contributed by atoms with E-state index in [1.807, 2.05) is 12.1 Å². The van der Waals surface area contributed by atoms with E-state index in [2.05, 4.69) is 0 Å². The number of carbonyl (C=O) groups is 2. The lowest BCUT2D eigenvalue weighted by atomic mass is 10.2. The van der Waals surface area contributed by atoms with Gasteiger partial charge in [0.1, 0.15) is 6.04 Å². The normalized spacial score (nSPS) is 19.1. The molecule has 1 saturated heterocycles. The minimum Gasteiger partial charge on any atom is -0.326 e. The summed E-state index contributed by atoms with van der Waals surface area (Å²) >= 11 is 5.78. The first-order chi connectivity index (χ1) is 8.61. The van der Waals surface area contributed by atoms with E-state index in [9.17, 15) is 9.59 Å². The number of hydrogen-bond acceptors (Lipinski definition) is 3. The van der Waals surface area contributed by atoms with Gasteiger partial charge in [-0.2, -0.15) is 0 Å². The van der Waals surface area contributed by atoms with Crippen LogP contribution in [0.4, 0.5) is 0 Å². The van der Waals surface area contributed by atoms with Crippen LogP contribution in [0.5, 0.6) is 0 Å². The Morgan fingerprint density at radius 1 is 1.44 bits per heavy atom. The van der Waals surface area contributed by atoms with Gasteiger partial charge in [0.15, 0.2) is 0 Å². The van der Waals surface area contributed by atoms with Gasteiger partial charge in [0.05, 0.1) is 0 Å². The predicted molar refractivity (Wildman–Crippen MR) is 65.0 cm³/mol. The molecule has 1 heterocycles. The summed E-state index contributed by atoms with van der Waals surface area (Å²) in [5.41, 5.74) is 2.49. The Morgan fingerprint density at radius 3 is 2.72 bits per heavy atom. The zero-order chi connectivity index (χ0) is 13.1. The number of halogens is 1. The van der Waals surface area contributed by atoms with Gasteiger partial charge in [-0.15, -0.1) is 0 Å². The third kappa shape index (κ3) is 2.63. The fourth-order valence-electron chi connectivity index (χ4n) is 2.07. The maximum absolute atomic E-state index is 11.7. The lowest BCUT2D eigenvalue weighted by Crippen LogP contribution is -2.43. The lowest BCUT2D eigenvalue weighted by Gasteiger charge is -2.23. The molecular weight excluding hydrogens is 256 g/mol. The van der Waals surface area contributed by atoms with E-state index in [1.165, 1.54) is 4.90 Å². The van der Waals surface area contributed by atoms with E-state index in [-0.39, 0.29) is 5.91 Å². The van der Waals surface area contributed by atoms with Crippen LogP contribution in [0.25, 0.3) is 0 Å². The monoisotopic (exact) mass is 268 g/mol. The first kappa shape index (κ1) is 12.9. The van der Waals surface area contributed by atoms with Crippen molar-refractivity contribution in [1.29, 1.82) is 0 Å². The quantitative estimate of drug-likeness (QED) is 0.642. The van der Waals surface area contributed by atoms with E-state index in [1.54, 1.807) is 17.6 Å². The third-order valence-corrected chi connectivity index (χ3v) is 3.26. The summed E-state index contributed by atoms with van der Waals surface area (Å²) in [6.45, 7) is 0.341. The van der Waals surface area contributed by atoms with Crippen LogP contribution in [0.1, 0.15) is 18.4 Å². The van der Waals surface area contributed by atoms with Gasteiger partial charge in [0.25, 0.3) is 5.91 Å². The maximum Gasteiger partial charge on any atom is 0.266 e. The molecule has 0 aliphatic carbocycles. The molecule has 6 heteroatoms. The zero-order valence-electron chi connectivity index (χ0n) is 9.60. The average molecular weight is 269 g/mol. The van der Waals surface area contributed by atoms with Gasteiger partial charge in [-0.3, -0.25) is 14.8 Å². The fraction of sp³-hybridized carbons (Fsp3) is 0.333. The zero-order valence-corrected chi connectivity index (χ0v) is 10.4. The van der Waals surface area contributed by atoms with Crippen molar-refractivity contribution in [3.05, 3.63) is 34.9 Å². The van der Waals surface area contributed by atoms with E-state index in [0.29, 0.717) is 24.4 Å². The number of likely N-dealkylation sites (tertiary alicyclic amines) is 1. The second-order valence-electron chi connectivity index (χ2n) is 4.18. The van der Waals surface area contributed by atoms with E-state index >= 15 is 0 Å². The SMILES string of the molecule is O=C(NO)[C@@H]1CCC(=O)N1Cc1ccc(Cl)cc1. The van der Waals surface area contributed by atoms with Crippen LogP contribution in [0, 0.1) is 0 Å². The highest BCUT2D eigenvalue weighted by Gasteiger charge is 2.35. The van der Waals surface area contributed by atoms with E-state index in [4.69, 9.17) is 16.8 Å². The van der Waals surface area contributed by atoms with Crippen molar-refractivity contribution >= 4 is 23.4 Å². The molecule has 0 bridgehead atoms. The van der Waals surface area contributed by atoms with Crippen molar-refractivity contribution in [3.63, 3.8) is 0 Å². The fourth-order valence-corrected chi connectivity index (χ4v) is 2.19. The standard InChI is InChI=1S/C12H13ClN2O3/c13-9-3-1-8(2-4-9)7-15-10(12(17)14-18)5-6-11(15)16/h1-4,10,18H,5-7H2,(H,14,17)/t10-/m0/s1. The number of rotatable bonds is 3. The number of nitrogens with one attached hydrogen (secondary N) is 1. The average Bonchev–Trinajstić information content (AvgIpc) is 2.73. The molecule has 2 amide bonds. The van der Waals surface area contributed by atoms with Gasteiger partial charge in [0.2, 0.25) is 5.91 Å². The van der Waals surface area contributed by atoms with Gasteiger partial charge in [0, 0.05) is 18.0 Å². The number of carbonyl (C=O) groups excluding carboxylic acids is 2. The maximum atomic E-state index is 11.7. The van der Waals surface area contributed by atoms with Crippen LogP contribution in [-0.4, -0.2) is 28.0 Å². The van der Waals surface area contributed by atoms with Gasteiger partial charge in [-0.25, -0.2) is 5.48 Å². The van der Waals surface area contributed by atoms with Crippen molar-refractivity contribution < 1.29 is 14.8 Å². The molecule has 1 aromatic carbocycles. The van der Waals surface area contributed by atoms with Crippen LogP contribution in [-0.2, 0) is 16.1 Å². The second kappa shape index (κ2) is 5.37. The van der Waals surface area contributed by atoms with Crippen LogP contribution < -0.4 is 5.48 Å². The Hall–Kier alpha value is -1.59. The van der Waals surface area contributed by atoms with E-state index in [0.717, 1.165) is 5.56 Å². The Labute approximate surface area is 109 Å². The smallest absolute Gasteiger partial charge is 0.266 e. The highest BCUT2D eigenvalue weighted by atomic mass is 35.5. The van der Waals surface area contributed by atoms with Crippen molar-refractivity contribution in [3.8, 4) is 0 Å². The summed E-state index contributed by atoms with van der Waals surface area (Å²) in [4.78, 5) is 24.6. The number of hydroxylamine groups is 1. The van der Waals surface area contributed by atoms with Crippen molar-refractivity contribution in [2.24, 2.45) is 0 Å². The molecule has 0 radical (unpaired) electrons. The van der Waals surface area contributed by atoms with Crippen LogP contribution >= 0.6 is 11.6 Å². The molecule has 18 heavy (non-hydrogen) atoms. The number of benzene rings is 1. The van der Waals surface area contributed by atoms with Gasteiger partial charge in [-0.1, -0.05) is 23.7 Å². The highest BCUT2D eigenvalue weighted by Crippen LogP contribution is 2.22. The molecule has 0 saturated carbocycles. The molecule has 1 aliphatic rings. The van der Waals surface area contributed by atoms with Crippen LogP contribution in [0.3, 0.4) is 0 Å². The Morgan fingerprint density at radius 2 is 2.11 bits per heavy atom. The summed E-state index contributed by atoms with van der Waals surface area (Å²) in [6.07, 6.45) is 0.754. The highest BCUT2D eigenvalue weighted by molar-refractivity contribution is 6.30. The van der Waals surface area contributed by atoms with Crippen molar-refractivity contribution in [2.75, 3.05) is 0 Å². The third-order valence-electron chi connectivity index (χ3n) is 3.01. The Kier molecular flexibility index (Phi) is 3.84. The largest absolute Gasteiger partial charge is 0.326 e. The minimum atomic E-state index is -0.599.